The maximum absolute atomic E-state index is 9.30. The van der Waals surface area contributed by atoms with E-state index >= 15 is 0 Å². The molecule has 72 valence electrons. The highest BCUT2D eigenvalue weighted by molar-refractivity contribution is 6.18. The number of halogens is 1. The summed E-state index contributed by atoms with van der Waals surface area (Å²) in [5, 5.41) is 36.3. The molecule has 0 aromatic carbocycles. The van der Waals surface area contributed by atoms with E-state index in [0.717, 1.165) is 0 Å². The van der Waals surface area contributed by atoms with Gasteiger partial charge >= 0.3 is 0 Å². The molecular weight excluding hydrogens is 188 g/mol. The lowest BCUT2D eigenvalue weighted by molar-refractivity contribution is -0.243. The number of aliphatic hydroxyl groups excluding tert-OH is 3. The van der Waals surface area contributed by atoms with Gasteiger partial charge in [-0.2, -0.15) is 0 Å². The number of hydrogen-bond donors (Lipinski definition) is 4. The summed E-state index contributed by atoms with van der Waals surface area (Å²) >= 11 is 5.36. The molecule has 12 heavy (non-hydrogen) atoms. The first-order chi connectivity index (χ1) is 5.55. The molecule has 0 aromatic rings. The van der Waals surface area contributed by atoms with Crippen LogP contribution < -0.4 is 0 Å². The molecule has 1 rings (SSSR count). The van der Waals surface area contributed by atoms with Gasteiger partial charge in [0.2, 0.25) is 5.79 Å². The number of aliphatic hydroxyl groups is 4. The van der Waals surface area contributed by atoms with Crippen molar-refractivity contribution in [2.45, 2.75) is 24.1 Å². The zero-order valence-electron chi connectivity index (χ0n) is 6.22. The van der Waals surface area contributed by atoms with Gasteiger partial charge in [-0.15, -0.1) is 11.6 Å². The molecule has 1 unspecified atom stereocenters. The maximum atomic E-state index is 9.30. The van der Waals surface area contributed by atoms with Gasteiger partial charge in [0, 0.05) is 0 Å². The molecule has 0 saturated carbocycles. The smallest absolute Gasteiger partial charge is 0.219 e. The van der Waals surface area contributed by atoms with Crippen LogP contribution in [0.2, 0.25) is 0 Å². The number of ether oxygens (including phenoxy) is 1. The largest absolute Gasteiger partial charge is 0.391 e. The van der Waals surface area contributed by atoms with Crippen LogP contribution in [-0.4, -0.2) is 57.0 Å². The van der Waals surface area contributed by atoms with Crippen LogP contribution in [0.25, 0.3) is 0 Å². The molecule has 6 heteroatoms. The van der Waals surface area contributed by atoms with Crippen LogP contribution in [0.1, 0.15) is 0 Å². The first-order valence-corrected chi connectivity index (χ1v) is 4.01. The molecule has 5 nitrogen and oxygen atoms in total. The Kier molecular flexibility index (Phi) is 2.92. The summed E-state index contributed by atoms with van der Waals surface area (Å²) in [6.07, 6.45) is -3.63. The van der Waals surface area contributed by atoms with Crippen LogP contribution in [0.4, 0.5) is 0 Å². The van der Waals surface area contributed by atoms with Crippen LogP contribution in [0, 0.1) is 0 Å². The van der Waals surface area contributed by atoms with Gasteiger partial charge in [-0.1, -0.05) is 0 Å². The zero-order valence-corrected chi connectivity index (χ0v) is 6.98. The first-order valence-electron chi connectivity index (χ1n) is 3.48. The normalized spacial score (nSPS) is 48.2. The molecule has 1 heterocycles. The second-order valence-corrected chi connectivity index (χ2v) is 3.06. The molecule has 0 bridgehead atoms. The summed E-state index contributed by atoms with van der Waals surface area (Å²) in [5.41, 5.74) is 0. The van der Waals surface area contributed by atoms with Crippen molar-refractivity contribution in [2.24, 2.45) is 0 Å². The lowest BCUT2D eigenvalue weighted by Gasteiger charge is -2.22. The van der Waals surface area contributed by atoms with E-state index < -0.39 is 30.7 Å². The van der Waals surface area contributed by atoms with Gasteiger partial charge in [0.05, 0.1) is 12.5 Å². The molecule has 1 saturated heterocycles. The number of alkyl halides is 1. The summed E-state index contributed by atoms with van der Waals surface area (Å²) in [6, 6.07) is 0. The van der Waals surface area contributed by atoms with Crippen molar-refractivity contribution in [2.75, 3.05) is 12.5 Å². The van der Waals surface area contributed by atoms with Crippen molar-refractivity contribution in [3.8, 4) is 0 Å². The van der Waals surface area contributed by atoms with Crippen LogP contribution in [0.5, 0.6) is 0 Å². The molecule has 0 aliphatic carbocycles. The van der Waals surface area contributed by atoms with Gasteiger partial charge in [-0.05, 0) is 0 Å². The highest BCUT2D eigenvalue weighted by Crippen LogP contribution is 2.29. The lowest BCUT2D eigenvalue weighted by Crippen LogP contribution is -2.46. The molecule has 1 fully saturated rings. The monoisotopic (exact) mass is 198 g/mol. The van der Waals surface area contributed by atoms with E-state index in [-0.39, 0.29) is 5.88 Å². The summed E-state index contributed by atoms with van der Waals surface area (Å²) in [4.78, 5) is 0. The van der Waals surface area contributed by atoms with Crippen molar-refractivity contribution >= 4 is 11.6 Å². The van der Waals surface area contributed by atoms with Crippen molar-refractivity contribution in [3.63, 3.8) is 0 Å². The highest BCUT2D eigenvalue weighted by Gasteiger charge is 2.52. The first kappa shape index (κ1) is 10.2. The van der Waals surface area contributed by atoms with E-state index in [0.29, 0.717) is 0 Å². The Morgan fingerprint density at radius 2 is 2.00 bits per heavy atom. The predicted molar refractivity (Wildman–Crippen MR) is 39.6 cm³/mol. The quantitative estimate of drug-likeness (QED) is 0.387. The molecule has 1 aliphatic rings. The second kappa shape index (κ2) is 3.45. The predicted octanol–water partition coefficient (Wildman–Crippen LogP) is -1.97. The molecule has 0 spiro atoms. The van der Waals surface area contributed by atoms with Gasteiger partial charge < -0.3 is 25.2 Å². The number of hydrogen-bond acceptors (Lipinski definition) is 5. The molecule has 0 amide bonds. The van der Waals surface area contributed by atoms with Crippen LogP contribution in [0.15, 0.2) is 0 Å². The van der Waals surface area contributed by atoms with E-state index in [1.54, 1.807) is 0 Å². The molecule has 4 N–H and O–H groups in total. The van der Waals surface area contributed by atoms with Crippen molar-refractivity contribution in [1.82, 2.24) is 0 Å². The van der Waals surface area contributed by atoms with Gasteiger partial charge in [0.25, 0.3) is 0 Å². The fraction of sp³-hybridized carbons (Fsp3) is 1.00. The minimum Gasteiger partial charge on any atom is -0.391 e. The molecule has 4 atom stereocenters. The standard InChI is InChI=1S/C6H11ClO5/c7-1-3-4(9)5(10)6(11,2-8)12-3/h3-5,8-11H,1-2H2/t3-,4-,5+,6?/m1/s1. The van der Waals surface area contributed by atoms with Crippen LogP contribution in [-0.2, 0) is 4.74 Å². The Morgan fingerprint density at radius 1 is 1.42 bits per heavy atom. The van der Waals surface area contributed by atoms with Crippen LogP contribution >= 0.6 is 11.6 Å². The topological polar surface area (TPSA) is 90.2 Å². The van der Waals surface area contributed by atoms with Crippen molar-refractivity contribution in [1.29, 1.82) is 0 Å². The lowest BCUT2D eigenvalue weighted by atomic mass is 10.1. The Labute approximate surface area is 74.2 Å². The molecular formula is C6H11ClO5. The average molecular weight is 199 g/mol. The van der Waals surface area contributed by atoms with E-state index in [4.69, 9.17) is 21.4 Å². The fourth-order valence-corrected chi connectivity index (χ4v) is 1.37. The van der Waals surface area contributed by atoms with E-state index in [9.17, 15) is 15.3 Å². The third-order valence-electron chi connectivity index (χ3n) is 1.90. The fourth-order valence-electron chi connectivity index (χ4n) is 1.13. The van der Waals surface area contributed by atoms with E-state index in [1.165, 1.54) is 0 Å². The minimum atomic E-state index is -2.08. The zero-order chi connectivity index (χ0) is 9.35. The molecule has 0 radical (unpaired) electrons. The minimum absolute atomic E-state index is 0.0550. The van der Waals surface area contributed by atoms with Crippen LogP contribution in [0.3, 0.4) is 0 Å². The highest BCUT2D eigenvalue weighted by atomic mass is 35.5. The van der Waals surface area contributed by atoms with Crippen molar-refractivity contribution in [3.05, 3.63) is 0 Å². The average Bonchev–Trinajstić information content (AvgIpc) is 2.31. The summed E-state index contributed by atoms with van der Waals surface area (Å²) < 4.78 is 4.75. The van der Waals surface area contributed by atoms with Gasteiger partial charge in [-0.3, -0.25) is 0 Å². The van der Waals surface area contributed by atoms with E-state index in [2.05, 4.69) is 0 Å². The second-order valence-electron chi connectivity index (χ2n) is 2.75. The molecule has 1 aliphatic heterocycles. The van der Waals surface area contributed by atoms with Gasteiger partial charge in [0.1, 0.15) is 18.3 Å². The summed E-state index contributed by atoms with van der Waals surface area (Å²) in [6.45, 7) is -0.779. The van der Waals surface area contributed by atoms with Gasteiger partial charge in [-0.25, -0.2) is 0 Å². The number of rotatable bonds is 2. The Morgan fingerprint density at radius 3 is 2.25 bits per heavy atom. The Hall–Kier alpha value is 0.0900. The van der Waals surface area contributed by atoms with E-state index in [1.807, 2.05) is 0 Å². The SMILES string of the molecule is OCC1(O)O[C@H](CCl)[C@@H](O)[C@@H]1O. The Bertz CT molecular complexity index is 166. The van der Waals surface area contributed by atoms with Gasteiger partial charge in [0.15, 0.2) is 0 Å². The summed E-state index contributed by atoms with van der Waals surface area (Å²) in [5.74, 6) is -2.14. The Balaban J connectivity index is 2.72. The summed E-state index contributed by atoms with van der Waals surface area (Å²) in [7, 11) is 0. The van der Waals surface area contributed by atoms with Crippen molar-refractivity contribution < 1.29 is 25.2 Å². The third-order valence-corrected chi connectivity index (χ3v) is 2.20. The third kappa shape index (κ3) is 1.44. The molecule has 0 aromatic heterocycles. The maximum Gasteiger partial charge on any atom is 0.219 e.